The quantitative estimate of drug-likeness (QED) is 0.433. The van der Waals surface area contributed by atoms with E-state index < -0.39 is 17.9 Å². The fourth-order valence-electron chi connectivity index (χ4n) is 4.83. The number of benzene rings is 3. The number of hydrogen-bond acceptors (Lipinski definition) is 4. The van der Waals surface area contributed by atoms with Crippen LogP contribution in [0.3, 0.4) is 0 Å². The van der Waals surface area contributed by atoms with Gasteiger partial charge in [0.1, 0.15) is 6.10 Å². The molecule has 0 aromatic heterocycles. The second-order valence-corrected chi connectivity index (χ2v) is 8.29. The second-order valence-electron chi connectivity index (χ2n) is 8.29. The standard InChI is InChI=1S/C27H25N2O4/c30-27(29-15-17-32-18-16-29)24-23(26(33-31)20-11-5-2-6-12-20)21-13-7-8-14-22(21)28-25(24)19-9-3-1-4-10-19/h1-14,23-24,26H,15-18H2. The average molecular weight is 442 g/mol. The minimum absolute atomic E-state index is 0.0570. The highest BCUT2D eigenvalue weighted by Crippen LogP contribution is 2.48. The van der Waals surface area contributed by atoms with Crippen molar-refractivity contribution < 1.29 is 19.7 Å². The van der Waals surface area contributed by atoms with Crippen LogP contribution in [0.2, 0.25) is 0 Å². The predicted molar refractivity (Wildman–Crippen MR) is 124 cm³/mol. The van der Waals surface area contributed by atoms with Crippen molar-refractivity contribution in [3.63, 3.8) is 0 Å². The van der Waals surface area contributed by atoms with E-state index in [0.717, 1.165) is 22.4 Å². The van der Waals surface area contributed by atoms with E-state index in [1.165, 1.54) is 0 Å². The van der Waals surface area contributed by atoms with E-state index in [1.54, 1.807) is 0 Å². The Morgan fingerprint density at radius 1 is 0.909 bits per heavy atom. The van der Waals surface area contributed by atoms with Crippen molar-refractivity contribution in [2.75, 3.05) is 26.3 Å². The van der Waals surface area contributed by atoms with Crippen LogP contribution in [0.25, 0.3) is 0 Å². The molecule has 3 atom stereocenters. The number of ether oxygens (including phenoxy) is 1. The molecule has 3 aromatic carbocycles. The van der Waals surface area contributed by atoms with E-state index >= 15 is 0 Å². The normalized spacial score (nSPS) is 21.1. The van der Waals surface area contributed by atoms with E-state index in [-0.39, 0.29) is 5.91 Å². The van der Waals surface area contributed by atoms with Crippen molar-refractivity contribution >= 4 is 17.3 Å². The van der Waals surface area contributed by atoms with Crippen LogP contribution in [0, 0.1) is 5.92 Å². The molecule has 3 unspecified atom stereocenters. The first-order valence-electron chi connectivity index (χ1n) is 11.2. The summed E-state index contributed by atoms with van der Waals surface area (Å²) in [7, 11) is 0. The first-order valence-corrected chi connectivity index (χ1v) is 11.2. The van der Waals surface area contributed by atoms with Crippen molar-refractivity contribution in [3.8, 4) is 0 Å². The topological polar surface area (TPSA) is 71.0 Å². The molecule has 1 saturated heterocycles. The maximum absolute atomic E-state index is 14.0. The summed E-state index contributed by atoms with van der Waals surface area (Å²) in [6, 6.07) is 26.8. The number of carbonyl (C=O) groups excluding carboxylic acids is 1. The molecule has 1 radical (unpaired) electrons. The van der Waals surface area contributed by atoms with Crippen LogP contribution in [0.5, 0.6) is 0 Å². The van der Waals surface area contributed by atoms with Gasteiger partial charge in [-0.05, 0) is 28.0 Å². The largest absolute Gasteiger partial charge is 0.378 e. The van der Waals surface area contributed by atoms with E-state index in [2.05, 4.69) is 0 Å². The van der Waals surface area contributed by atoms with Gasteiger partial charge in [-0.3, -0.25) is 9.79 Å². The fourth-order valence-corrected chi connectivity index (χ4v) is 4.83. The van der Waals surface area contributed by atoms with Crippen molar-refractivity contribution in [3.05, 3.63) is 102 Å². The fraction of sp³-hybridized carbons (Fsp3) is 0.259. The summed E-state index contributed by atoms with van der Waals surface area (Å²) in [4.78, 5) is 25.7. The molecule has 167 valence electrons. The van der Waals surface area contributed by atoms with Gasteiger partial charge in [0.2, 0.25) is 5.91 Å². The SMILES string of the molecule is [O]OC(c1ccccc1)C1c2ccccc2N=C(c2ccccc2)C1C(=O)N1CCOCC1. The van der Waals surface area contributed by atoms with Gasteiger partial charge in [0, 0.05) is 19.0 Å². The zero-order valence-electron chi connectivity index (χ0n) is 18.2. The zero-order chi connectivity index (χ0) is 22.6. The molecule has 33 heavy (non-hydrogen) atoms. The summed E-state index contributed by atoms with van der Waals surface area (Å²) in [5, 5.41) is 12.2. The number of amides is 1. The number of fused-ring (bicyclic) bond motifs is 1. The lowest BCUT2D eigenvalue weighted by Gasteiger charge is -2.39. The summed E-state index contributed by atoms with van der Waals surface area (Å²) < 4.78 is 5.47. The Kier molecular flexibility index (Phi) is 6.30. The Hall–Kier alpha value is -3.32. The van der Waals surface area contributed by atoms with Gasteiger partial charge in [-0.1, -0.05) is 78.9 Å². The molecule has 2 aliphatic rings. The Morgan fingerprint density at radius 3 is 2.24 bits per heavy atom. The molecule has 0 N–H and O–H groups in total. The van der Waals surface area contributed by atoms with Gasteiger partial charge in [-0.15, -0.1) is 0 Å². The molecule has 6 nitrogen and oxygen atoms in total. The number of aliphatic imine (C=N–C) groups is 1. The molecule has 0 bridgehead atoms. The van der Waals surface area contributed by atoms with Crippen LogP contribution in [0.15, 0.2) is 89.9 Å². The lowest BCUT2D eigenvalue weighted by molar-refractivity contribution is -0.343. The van der Waals surface area contributed by atoms with Gasteiger partial charge in [0.25, 0.3) is 0 Å². The highest BCUT2D eigenvalue weighted by Gasteiger charge is 2.46. The van der Waals surface area contributed by atoms with Gasteiger partial charge in [0.15, 0.2) is 0 Å². The van der Waals surface area contributed by atoms with Crippen molar-refractivity contribution in [2.24, 2.45) is 10.9 Å². The van der Waals surface area contributed by atoms with Crippen LogP contribution in [0.1, 0.15) is 28.7 Å². The van der Waals surface area contributed by atoms with Crippen molar-refractivity contribution in [2.45, 2.75) is 12.0 Å². The maximum atomic E-state index is 14.0. The number of carbonyl (C=O) groups is 1. The molecule has 0 aliphatic carbocycles. The van der Waals surface area contributed by atoms with Crippen LogP contribution in [-0.2, 0) is 19.7 Å². The maximum Gasteiger partial charge on any atom is 0.232 e. The first kappa shape index (κ1) is 21.5. The summed E-state index contributed by atoms with van der Waals surface area (Å²) in [5.74, 6) is -1.25. The molecule has 1 amide bonds. The van der Waals surface area contributed by atoms with Crippen molar-refractivity contribution in [1.82, 2.24) is 4.90 Å². The van der Waals surface area contributed by atoms with Gasteiger partial charge in [-0.2, -0.15) is 4.89 Å². The van der Waals surface area contributed by atoms with E-state index in [0.29, 0.717) is 32.0 Å². The number of rotatable bonds is 5. The third-order valence-electron chi connectivity index (χ3n) is 6.41. The summed E-state index contributed by atoms with van der Waals surface area (Å²) in [6.07, 6.45) is -0.850. The van der Waals surface area contributed by atoms with E-state index in [9.17, 15) is 10.1 Å². The van der Waals surface area contributed by atoms with Gasteiger partial charge < -0.3 is 9.64 Å². The van der Waals surface area contributed by atoms with Crippen molar-refractivity contribution in [1.29, 1.82) is 0 Å². The highest BCUT2D eigenvalue weighted by molar-refractivity contribution is 6.15. The molecule has 0 spiro atoms. The van der Waals surface area contributed by atoms with Crippen LogP contribution < -0.4 is 0 Å². The lowest BCUT2D eigenvalue weighted by Crippen LogP contribution is -2.49. The summed E-state index contributed by atoms with van der Waals surface area (Å²) >= 11 is 0. The Labute approximate surface area is 193 Å². The molecule has 2 heterocycles. The Bertz CT molecular complexity index is 1130. The lowest BCUT2D eigenvalue weighted by atomic mass is 9.72. The minimum Gasteiger partial charge on any atom is -0.378 e. The smallest absolute Gasteiger partial charge is 0.232 e. The first-order chi connectivity index (χ1) is 16.3. The number of para-hydroxylation sites is 1. The van der Waals surface area contributed by atoms with Crippen LogP contribution in [-0.4, -0.2) is 42.8 Å². The predicted octanol–water partition coefficient (Wildman–Crippen LogP) is 4.48. The second kappa shape index (κ2) is 9.67. The highest BCUT2D eigenvalue weighted by atomic mass is 17.1. The van der Waals surface area contributed by atoms with Crippen LogP contribution >= 0.6 is 0 Å². The molecule has 3 aromatic rings. The Morgan fingerprint density at radius 2 is 1.55 bits per heavy atom. The third-order valence-corrected chi connectivity index (χ3v) is 6.41. The number of morpholine rings is 1. The molecule has 0 saturated carbocycles. The van der Waals surface area contributed by atoms with E-state index in [4.69, 9.17) is 14.6 Å². The zero-order valence-corrected chi connectivity index (χ0v) is 18.2. The molecular weight excluding hydrogens is 416 g/mol. The minimum atomic E-state index is -0.850. The van der Waals surface area contributed by atoms with E-state index in [1.807, 2.05) is 89.8 Å². The number of hydrogen-bond donors (Lipinski definition) is 0. The molecule has 1 fully saturated rings. The monoisotopic (exact) mass is 441 g/mol. The Balaban J connectivity index is 1.69. The molecule has 5 rings (SSSR count). The van der Waals surface area contributed by atoms with Gasteiger partial charge in [-0.25, -0.2) is 0 Å². The van der Waals surface area contributed by atoms with Crippen LogP contribution in [0.4, 0.5) is 5.69 Å². The third kappa shape index (κ3) is 4.20. The molecule has 6 heteroatoms. The molecule has 2 aliphatic heterocycles. The van der Waals surface area contributed by atoms with Gasteiger partial charge in [0.05, 0.1) is 30.5 Å². The summed E-state index contributed by atoms with van der Waals surface area (Å²) in [5.41, 5.74) is 3.86. The molecular formula is C27H25N2O4. The average Bonchev–Trinajstić information content (AvgIpc) is 2.90. The summed E-state index contributed by atoms with van der Waals surface area (Å²) in [6.45, 7) is 2.02. The number of nitrogens with zero attached hydrogens (tertiary/aromatic N) is 2. The van der Waals surface area contributed by atoms with Gasteiger partial charge >= 0.3 is 0 Å².